The second kappa shape index (κ2) is 4.46. The van der Waals surface area contributed by atoms with Crippen LogP contribution in [0.3, 0.4) is 0 Å². The van der Waals surface area contributed by atoms with Crippen LogP contribution in [0, 0.1) is 0 Å². The van der Waals surface area contributed by atoms with Gasteiger partial charge in [-0.1, -0.05) is 0 Å². The largest absolute Gasteiger partial charge is 0.444 e. The first-order chi connectivity index (χ1) is 7.85. The molecular formula is C12H22N2O3. The van der Waals surface area contributed by atoms with E-state index in [1.807, 2.05) is 20.8 Å². The number of hydrogen-bond acceptors (Lipinski definition) is 4. The maximum Gasteiger partial charge on any atom is 0.410 e. The fraction of sp³-hybridized carbons (Fsp3) is 0.917. The van der Waals surface area contributed by atoms with E-state index in [0.717, 1.165) is 32.6 Å². The molecule has 0 bridgehead atoms. The van der Waals surface area contributed by atoms with E-state index in [1.54, 1.807) is 4.90 Å². The van der Waals surface area contributed by atoms with Crippen molar-refractivity contribution in [1.82, 2.24) is 9.80 Å². The van der Waals surface area contributed by atoms with Gasteiger partial charge in [-0.2, -0.15) is 0 Å². The molecule has 1 N–H and O–H groups in total. The number of carbonyl (C=O) groups excluding carboxylic acids is 1. The molecule has 2 saturated heterocycles. The Kier molecular flexibility index (Phi) is 3.32. The molecule has 2 heterocycles. The third-order valence-corrected chi connectivity index (χ3v) is 3.22. The molecule has 0 saturated carbocycles. The lowest BCUT2D eigenvalue weighted by atomic mass is 10.1. The number of amides is 1. The van der Waals surface area contributed by atoms with Crippen LogP contribution in [-0.4, -0.2) is 64.9 Å². The van der Waals surface area contributed by atoms with Gasteiger partial charge < -0.3 is 14.7 Å². The number of aliphatic hydroxyl groups is 1. The minimum atomic E-state index is -0.428. The first kappa shape index (κ1) is 12.6. The molecule has 98 valence electrons. The Morgan fingerprint density at radius 3 is 2.47 bits per heavy atom. The van der Waals surface area contributed by atoms with E-state index in [0.29, 0.717) is 6.04 Å². The monoisotopic (exact) mass is 242 g/mol. The quantitative estimate of drug-likeness (QED) is 0.734. The third-order valence-electron chi connectivity index (χ3n) is 3.22. The molecule has 0 spiro atoms. The van der Waals surface area contributed by atoms with Crippen LogP contribution in [0.4, 0.5) is 4.79 Å². The molecule has 17 heavy (non-hydrogen) atoms. The summed E-state index contributed by atoms with van der Waals surface area (Å²) in [7, 11) is 0. The molecular weight excluding hydrogens is 220 g/mol. The van der Waals surface area contributed by atoms with E-state index in [2.05, 4.69) is 4.90 Å². The highest BCUT2D eigenvalue weighted by molar-refractivity contribution is 5.68. The van der Waals surface area contributed by atoms with E-state index in [9.17, 15) is 9.90 Å². The summed E-state index contributed by atoms with van der Waals surface area (Å²) in [6.07, 6.45) is 0.582. The normalized spacial score (nSPS) is 27.1. The minimum absolute atomic E-state index is 0.175. The van der Waals surface area contributed by atoms with Crippen molar-refractivity contribution in [2.45, 2.75) is 44.9 Å². The van der Waals surface area contributed by atoms with E-state index < -0.39 is 5.60 Å². The van der Waals surface area contributed by atoms with Crippen LogP contribution < -0.4 is 0 Å². The number of β-amino-alcohol motifs (C(OH)–C–C–N with tert-alkyl or cyclic N) is 1. The van der Waals surface area contributed by atoms with Crippen molar-refractivity contribution in [3.05, 3.63) is 0 Å². The topological polar surface area (TPSA) is 53.0 Å². The Bertz CT molecular complexity index is 295. The van der Waals surface area contributed by atoms with Gasteiger partial charge in [-0.05, 0) is 27.2 Å². The number of hydrogen-bond donors (Lipinski definition) is 1. The molecule has 0 radical (unpaired) electrons. The van der Waals surface area contributed by atoms with E-state index in [-0.39, 0.29) is 12.2 Å². The number of ether oxygens (including phenoxy) is 1. The Balaban J connectivity index is 1.79. The van der Waals surface area contributed by atoms with E-state index in [1.165, 1.54) is 0 Å². The van der Waals surface area contributed by atoms with Crippen molar-refractivity contribution in [2.24, 2.45) is 0 Å². The molecule has 2 aliphatic heterocycles. The Morgan fingerprint density at radius 1 is 1.29 bits per heavy atom. The van der Waals surface area contributed by atoms with Gasteiger partial charge in [-0.15, -0.1) is 0 Å². The number of carbonyl (C=O) groups is 1. The van der Waals surface area contributed by atoms with E-state index >= 15 is 0 Å². The molecule has 0 aromatic heterocycles. The molecule has 1 atom stereocenters. The van der Waals surface area contributed by atoms with Gasteiger partial charge in [0.25, 0.3) is 0 Å². The molecule has 5 heteroatoms. The fourth-order valence-electron chi connectivity index (χ4n) is 2.32. The van der Waals surface area contributed by atoms with Crippen LogP contribution in [0.2, 0.25) is 0 Å². The predicted octanol–water partition coefficient (Wildman–Crippen LogP) is 0.672. The average Bonchev–Trinajstić information content (AvgIpc) is 2.58. The lowest BCUT2D eigenvalue weighted by Gasteiger charge is -2.40. The summed E-state index contributed by atoms with van der Waals surface area (Å²) in [4.78, 5) is 15.8. The highest BCUT2D eigenvalue weighted by Gasteiger charge is 2.37. The lowest BCUT2D eigenvalue weighted by Crippen LogP contribution is -2.56. The molecule has 1 amide bonds. The van der Waals surface area contributed by atoms with Crippen LogP contribution >= 0.6 is 0 Å². The SMILES string of the molecule is CC(C)(C)OC(=O)N1CC[C@H](N2CC(O)C2)C1. The van der Waals surface area contributed by atoms with Gasteiger partial charge in [-0.3, -0.25) is 4.90 Å². The fourth-order valence-corrected chi connectivity index (χ4v) is 2.32. The summed E-state index contributed by atoms with van der Waals surface area (Å²) in [5.74, 6) is 0. The zero-order chi connectivity index (χ0) is 12.6. The number of nitrogens with zero attached hydrogens (tertiary/aromatic N) is 2. The maximum atomic E-state index is 11.8. The third kappa shape index (κ3) is 3.10. The molecule has 2 fully saturated rings. The van der Waals surface area contributed by atoms with Crippen LogP contribution in [0.1, 0.15) is 27.2 Å². The molecule has 0 unspecified atom stereocenters. The number of aliphatic hydroxyl groups excluding tert-OH is 1. The maximum absolute atomic E-state index is 11.8. The van der Waals surface area contributed by atoms with Gasteiger partial charge >= 0.3 is 6.09 Å². The Hall–Kier alpha value is -0.810. The predicted molar refractivity (Wildman–Crippen MR) is 63.8 cm³/mol. The number of likely N-dealkylation sites (tertiary alicyclic amines) is 2. The second-order valence-corrected chi connectivity index (χ2v) is 5.98. The summed E-state index contributed by atoms with van der Waals surface area (Å²) >= 11 is 0. The van der Waals surface area contributed by atoms with Crippen molar-refractivity contribution < 1.29 is 14.6 Å². The van der Waals surface area contributed by atoms with Crippen LogP contribution in [0.25, 0.3) is 0 Å². The molecule has 2 rings (SSSR count). The highest BCUT2D eigenvalue weighted by atomic mass is 16.6. The minimum Gasteiger partial charge on any atom is -0.444 e. The van der Waals surface area contributed by atoms with Crippen LogP contribution in [0.5, 0.6) is 0 Å². The molecule has 2 aliphatic rings. The smallest absolute Gasteiger partial charge is 0.410 e. The first-order valence-electron chi connectivity index (χ1n) is 6.25. The summed E-state index contributed by atoms with van der Waals surface area (Å²) in [6.45, 7) is 8.60. The zero-order valence-electron chi connectivity index (χ0n) is 10.8. The summed E-state index contributed by atoms with van der Waals surface area (Å²) in [5, 5.41) is 9.26. The van der Waals surface area contributed by atoms with Crippen molar-refractivity contribution in [2.75, 3.05) is 26.2 Å². The summed E-state index contributed by atoms with van der Waals surface area (Å²) in [6, 6.07) is 0.394. The Morgan fingerprint density at radius 2 is 1.94 bits per heavy atom. The average molecular weight is 242 g/mol. The van der Waals surface area contributed by atoms with Gasteiger partial charge in [0.2, 0.25) is 0 Å². The van der Waals surface area contributed by atoms with Crippen molar-refractivity contribution in [3.63, 3.8) is 0 Å². The standard InChI is InChI=1S/C12H22N2O3/c1-12(2,3)17-11(16)13-5-4-9(6-13)14-7-10(15)8-14/h9-10,15H,4-8H2,1-3H3/t9-/m0/s1. The molecule has 0 aromatic carbocycles. The Labute approximate surface area is 102 Å². The van der Waals surface area contributed by atoms with Crippen LogP contribution in [-0.2, 0) is 4.74 Å². The lowest BCUT2D eigenvalue weighted by molar-refractivity contribution is -0.0232. The molecule has 0 aliphatic carbocycles. The summed E-state index contributed by atoms with van der Waals surface area (Å²) < 4.78 is 5.34. The highest BCUT2D eigenvalue weighted by Crippen LogP contribution is 2.22. The van der Waals surface area contributed by atoms with Crippen molar-refractivity contribution in [3.8, 4) is 0 Å². The molecule has 5 nitrogen and oxygen atoms in total. The van der Waals surface area contributed by atoms with E-state index in [4.69, 9.17) is 4.74 Å². The van der Waals surface area contributed by atoms with Gasteiger partial charge in [0, 0.05) is 32.2 Å². The van der Waals surface area contributed by atoms with Crippen LogP contribution in [0.15, 0.2) is 0 Å². The zero-order valence-corrected chi connectivity index (χ0v) is 10.8. The molecule has 0 aromatic rings. The van der Waals surface area contributed by atoms with Crippen molar-refractivity contribution in [1.29, 1.82) is 0 Å². The first-order valence-corrected chi connectivity index (χ1v) is 6.25. The number of rotatable bonds is 1. The van der Waals surface area contributed by atoms with Gasteiger partial charge in [0.15, 0.2) is 0 Å². The van der Waals surface area contributed by atoms with Crippen molar-refractivity contribution >= 4 is 6.09 Å². The van der Waals surface area contributed by atoms with Gasteiger partial charge in [0.05, 0.1) is 6.10 Å². The van der Waals surface area contributed by atoms with Gasteiger partial charge in [0.1, 0.15) is 5.60 Å². The summed E-state index contributed by atoms with van der Waals surface area (Å²) in [5.41, 5.74) is -0.428. The van der Waals surface area contributed by atoms with Gasteiger partial charge in [-0.25, -0.2) is 4.79 Å². The second-order valence-electron chi connectivity index (χ2n) is 5.98.